The van der Waals surface area contributed by atoms with Crippen molar-refractivity contribution < 1.29 is 14.4 Å². The number of carbonyl (C=O) groups is 3. The van der Waals surface area contributed by atoms with E-state index in [9.17, 15) is 14.4 Å². The third-order valence-corrected chi connectivity index (χ3v) is 6.51. The van der Waals surface area contributed by atoms with Gasteiger partial charge in [-0.2, -0.15) is 0 Å². The molecule has 2 amide bonds. The molecule has 0 aliphatic carbocycles. The summed E-state index contributed by atoms with van der Waals surface area (Å²) in [6.45, 7) is 1.89. The second-order valence-electron chi connectivity index (χ2n) is 8.23. The smallest absolute Gasteiger partial charge is 0.257 e. The molecule has 0 fully saturated rings. The van der Waals surface area contributed by atoms with Gasteiger partial charge in [0, 0.05) is 16.7 Å². The van der Waals surface area contributed by atoms with Gasteiger partial charge in [-0.3, -0.25) is 14.4 Å². The van der Waals surface area contributed by atoms with Crippen LogP contribution in [-0.4, -0.2) is 22.6 Å². The van der Waals surface area contributed by atoms with E-state index >= 15 is 0 Å². The number of rotatable bonds is 6. The summed E-state index contributed by atoms with van der Waals surface area (Å²) in [6, 6.07) is 26.3. The summed E-state index contributed by atoms with van der Waals surface area (Å²) < 4.78 is 0.906. The lowest BCUT2D eigenvalue weighted by Gasteiger charge is -2.14. The normalized spacial score (nSPS) is 10.7. The molecule has 1 aromatic heterocycles. The van der Waals surface area contributed by atoms with Gasteiger partial charge in [0.25, 0.3) is 11.8 Å². The Bertz CT molecular complexity index is 1610. The zero-order valence-corrected chi connectivity index (χ0v) is 20.1. The fourth-order valence-corrected chi connectivity index (χ4v) is 4.59. The van der Waals surface area contributed by atoms with E-state index in [2.05, 4.69) is 15.6 Å². The lowest BCUT2D eigenvalue weighted by atomic mass is 9.99. The van der Waals surface area contributed by atoms with Gasteiger partial charge >= 0.3 is 0 Å². The molecule has 2 N–H and O–H groups in total. The number of para-hydroxylation sites is 1. The summed E-state index contributed by atoms with van der Waals surface area (Å²) in [6.07, 6.45) is 0. The number of aryl methyl sites for hydroxylation is 1. The van der Waals surface area contributed by atoms with Crippen molar-refractivity contribution in [3.8, 4) is 0 Å². The van der Waals surface area contributed by atoms with Gasteiger partial charge < -0.3 is 10.6 Å². The SMILES string of the molecule is Cc1ccc(NC(=O)c2ccccc2NC(=O)c2ccc3ncsc3c2)c(C(=O)c2ccccc2)c1. The highest BCUT2D eigenvalue weighted by Gasteiger charge is 2.19. The number of amides is 2. The third-order valence-electron chi connectivity index (χ3n) is 5.72. The molecular weight excluding hydrogens is 470 g/mol. The molecule has 0 radical (unpaired) electrons. The summed E-state index contributed by atoms with van der Waals surface area (Å²) in [5, 5.41) is 5.70. The zero-order valence-electron chi connectivity index (χ0n) is 19.3. The van der Waals surface area contributed by atoms with Crippen LogP contribution in [0, 0.1) is 6.92 Å². The van der Waals surface area contributed by atoms with Crippen molar-refractivity contribution in [3.05, 3.63) is 124 Å². The molecule has 7 heteroatoms. The van der Waals surface area contributed by atoms with Crippen molar-refractivity contribution in [1.82, 2.24) is 4.98 Å². The second kappa shape index (κ2) is 9.93. The molecule has 5 aromatic rings. The molecule has 1 heterocycles. The van der Waals surface area contributed by atoms with Crippen molar-refractivity contribution in [2.75, 3.05) is 10.6 Å². The van der Waals surface area contributed by atoms with E-state index in [1.807, 2.05) is 19.1 Å². The molecule has 0 aliphatic rings. The van der Waals surface area contributed by atoms with Crippen LogP contribution in [0.2, 0.25) is 0 Å². The largest absolute Gasteiger partial charge is 0.321 e. The number of carbonyl (C=O) groups excluding carboxylic acids is 3. The second-order valence-corrected chi connectivity index (χ2v) is 9.12. The van der Waals surface area contributed by atoms with Crippen molar-refractivity contribution >= 4 is 50.5 Å². The van der Waals surface area contributed by atoms with Crippen LogP contribution in [0.25, 0.3) is 10.2 Å². The van der Waals surface area contributed by atoms with Gasteiger partial charge in [0.1, 0.15) is 0 Å². The Morgan fingerprint density at radius 2 is 1.42 bits per heavy atom. The minimum absolute atomic E-state index is 0.186. The number of fused-ring (bicyclic) bond motifs is 1. The molecule has 4 aromatic carbocycles. The average molecular weight is 492 g/mol. The van der Waals surface area contributed by atoms with Crippen LogP contribution >= 0.6 is 11.3 Å². The molecular formula is C29H21N3O3S. The molecule has 0 spiro atoms. The van der Waals surface area contributed by atoms with Gasteiger partial charge in [0.05, 0.1) is 32.7 Å². The number of benzene rings is 4. The number of anilines is 2. The minimum Gasteiger partial charge on any atom is -0.321 e. The Morgan fingerprint density at radius 1 is 0.694 bits per heavy atom. The molecule has 0 atom stereocenters. The first-order chi connectivity index (χ1) is 17.5. The number of nitrogens with zero attached hydrogens (tertiary/aromatic N) is 1. The Morgan fingerprint density at radius 3 is 2.25 bits per heavy atom. The minimum atomic E-state index is -0.435. The highest BCUT2D eigenvalue weighted by Crippen LogP contribution is 2.25. The Hall–Kier alpha value is -4.62. The molecule has 0 aliphatic heterocycles. The third kappa shape index (κ3) is 4.78. The Balaban J connectivity index is 1.41. The van der Waals surface area contributed by atoms with Crippen LogP contribution in [0.1, 0.15) is 42.2 Å². The summed E-state index contributed by atoms with van der Waals surface area (Å²) >= 11 is 1.45. The van der Waals surface area contributed by atoms with Crippen LogP contribution in [0.15, 0.2) is 96.5 Å². The number of aromatic nitrogens is 1. The predicted molar refractivity (Wildman–Crippen MR) is 143 cm³/mol. The number of hydrogen-bond donors (Lipinski definition) is 2. The fraction of sp³-hybridized carbons (Fsp3) is 0.0345. The first-order valence-corrected chi connectivity index (χ1v) is 12.1. The first kappa shape index (κ1) is 23.1. The number of nitrogens with one attached hydrogen (secondary N) is 2. The van der Waals surface area contributed by atoms with Crippen molar-refractivity contribution in [3.63, 3.8) is 0 Å². The maximum absolute atomic E-state index is 13.3. The van der Waals surface area contributed by atoms with E-state index in [4.69, 9.17) is 0 Å². The van der Waals surface area contributed by atoms with Gasteiger partial charge in [-0.25, -0.2) is 4.98 Å². The zero-order chi connectivity index (χ0) is 25.1. The predicted octanol–water partition coefficient (Wildman–Crippen LogP) is 6.34. The molecule has 0 saturated heterocycles. The van der Waals surface area contributed by atoms with E-state index in [-0.39, 0.29) is 17.3 Å². The summed E-state index contributed by atoms with van der Waals surface area (Å²) in [5.74, 6) is -0.953. The fourth-order valence-electron chi connectivity index (χ4n) is 3.87. The Labute approximate surface area is 211 Å². The van der Waals surface area contributed by atoms with Crippen molar-refractivity contribution in [2.24, 2.45) is 0 Å². The van der Waals surface area contributed by atoms with Crippen molar-refractivity contribution in [1.29, 1.82) is 0 Å². The maximum atomic E-state index is 13.3. The summed E-state index contributed by atoms with van der Waals surface area (Å²) in [7, 11) is 0. The van der Waals surface area contributed by atoms with Crippen LogP contribution < -0.4 is 10.6 Å². The lowest BCUT2D eigenvalue weighted by Crippen LogP contribution is -2.19. The van der Waals surface area contributed by atoms with Crippen LogP contribution in [0.4, 0.5) is 11.4 Å². The summed E-state index contributed by atoms with van der Waals surface area (Å²) in [5.41, 5.74) is 5.91. The van der Waals surface area contributed by atoms with Gasteiger partial charge in [0.15, 0.2) is 5.78 Å². The van der Waals surface area contributed by atoms with E-state index in [1.54, 1.807) is 84.4 Å². The maximum Gasteiger partial charge on any atom is 0.257 e. The number of thiazole rings is 1. The van der Waals surface area contributed by atoms with E-state index in [0.29, 0.717) is 28.1 Å². The quantitative estimate of drug-likeness (QED) is 0.271. The number of ketones is 1. The van der Waals surface area contributed by atoms with Crippen LogP contribution in [0.5, 0.6) is 0 Å². The van der Waals surface area contributed by atoms with Gasteiger partial charge in [-0.05, 0) is 49.4 Å². The standard InChI is InChI=1S/C29H21N3O3S/c1-18-11-13-24(22(15-18)27(33)19-7-3-2-4-8-19)32-29(35)21-9-5-6-10-23(21)31-28(34)20-12-14-25-26(16-20)36-17-30-25/h2-17H,1H3,(H,31,34)(H,32,35). The number of hydrogen-bond acceptors (Lipinski definition) is 5. The molecule has 6 nitrogen and oxygen atoms in total. The highest BCUT2D eigenvalue weighted by atomic mass is 32.1. The van der Waals surface area contributed by atoms with Gasteiger partial charge in [-0.15, -0.1) is 11.3 Å². The van der Waals surface area contributed by atoms with Crippen molar-refractivity contribution in [2.45, 2.75) is 6.92 Å². The van der Waals surface area contributed by atoms with Gasteiger partial charge in [0.2, 0.25) is 0 Å². The molecule has 176 valence electrons. The lowest BCUT2D eigenvalue weighted by molar-refractivity contribution is 0.102. The van der Waals surface area contributed by atoms with Gasteiger partial charge in [-0.1, -0.05) is 54.1 Å². The molecule has 0 bridgehead atoms. The topological polar surface area (TPSA) is 88.2 Å². The van der Waals surface area contributed by atoms with E-state index in [1.165, 1.54) is 11.3 Å². The molecule has 36 heavy (non-hydrogen) atoms. The molecule has 5 rings (SSSR count). The molecule has 0 saturated carbocycles. The summed E-state index contributed by atoms with van der Waals surface area (Å²) in [4.78, 5) is 43.7. The van der Waals surface area contributed by atoms with E-state index in [0.717, 1.165) is 15.8 Å². The average Bonchev–Trinajstić information content (AvgIpc) is 3.38. The highest BCUT2D eigenvalue weighted by molar-refractivity contribution is 7.16. The first-order valence-electron chi connectivity index (χ1n) is 11.2. The van der Waals surface area contributed by atoms with E-state index < -0.39 is 5.91 Å². The Kier molecular flexibility index (Phi) is 6.38. The van der Waals surface area contributed by atoms with Crippen LogP contribution in [-0.2, 0) is 0 Å². The van der Waals surface area contributed by atoms with Crippen LogP contribution in [0.3, 0.4) is 0 Å². The molecule has 0 unspecified atom stereocenters. The monoisotopic (exact) mass is 491 g/mol.